The Hall–Kier alpha value is -2.67. The molecular formula is C19H22N2O5. The Balaban J connectivity index is 1.54. The van der Waals surface area contributed by atoms with Crippen molar-refractivity contribution in [2.45, 2.75) is 12.8 Å². The molecule has 7 nitrogen and oxygen atoms in total. The molecule has 1 saturated heterocycles. The van der Waals surface area contributed by atoms with Crippen molar-refractivity contribution in [3.05, 3.63) is 36.4 Å². The number of anilines is 1. The van der Waals surface area contributed by atoms with E-state index in [9.17, 15) is 14.4 Å². The van der Waals surface area contributed by atoms with Crippen molar-refractivity contribution in [2.24, 2.45) is 11.8 Å². The average Bonchev–Trinajstić information content (AvgIpc) is 2.89. The van der Waals surface area contributed by atoms with Gasteiger partial charge in [-0.1, -0.05) is 12.2 Å². The standard InChI is InChI=1S/C19H22N2O5/c1-25-10-11-26-14-8-6-13(7-9-14)20-17(22)12-21-18(23)15-4-2-3-5-16(15)19(21)24/h2-3,6-9,15-16H,4-5,10-12H2,1H3,(H,20,22). The summed E-state index contributed by atoms with van der Waals surface area (Å²) in [5.41, 5.74) is 0.576. The number of carbonyl (C=O) groups excluding carboxylic acids is 3. The molecule has 1 aromatic carbocycles. The van der Waals surface area contributed by atoms with Crippen LogP contribution in [0.4, 0.5) is 5.69 Å². The maximum absolute atomic E-state index is 12.4. The number of allylic oxidation sites excluding steroid dienone is 2. The summed E-state index contributed by atoms with van der Waals surface area (Å²) in [5.74, 6) is -0.858. The SMILES string of the molecule is COCCOc1ccc(NC(=O)CN2C(=O)C3CC=CCC3C2=O)cc1. The number of benzene rings is 1. The number of rotatable bonds is 7. The lowest BCUT2D eigenvalue weighted by Gasteiger charge is -2.14. The number of methoxy groups -OCH3 is 1. The second-order valence-corrected chi connectivity index (χ2v) is 6.33. The first-order valence-corrected chi connectivity index (χ1v) is 8.62. The molecule has 26 heavy (non-hydrogen) atoms. The van der Waals surface area contributed by atoms with Gasteiger partial charge in [-0.05, 0) is 37.1 Å². The quantitative estimate of drug-likeness (QED) is 0.455. The predicted octanol–water partition coefficient (Wildman–Crippen LogP) is 1.60. The maximum Gasteiger partial charge on any atom is 0.244 e. The third kappa shape index (κ3) is 3.94. The number of imide groups is 1. The smallest absolute Gasteiger partial charge is 0.244 e. The van der Waals surface area contributed by atoms with Gasteiger partial charge in [0.2, 0.25) is 17.7 Å². The Bertz CT molecular complexity index is 687. The van der Waals surface area contributed by atoms with E-state index in [-0.39, 0.29) is 30.2 Å². The molecule has 1 fully saturated rings. The van der Waals surface area contributed by atoms with Crippen molar-refractivity contribution in [1.82, 2.24) is 4.90 Å². The van der Waals surface area contributed by atoms with Crippen molar-refractivity contribution < 1.29 is 23.9 Å². The summed E-state index contributed by atoms with van der Waals surface area (Å²) in [7, 11) is 1.60. The molecule has 1 aliphatic carbocycles. The molecule has 2 unspecified atom stereocenters. The van der Waals surface area contributed by atoms with Crippen LogP contribution in [0, 0.1) is 11.8 Å². The molecule has 2 atom stereocenters. The van der Waals surface area contributed by atoms with E-state index in [0.29, 0.717) is 37.5 Å². The Kier molecular flexibility index (Phi) is 5.68. The minimum atomic E-state index is -0.397. The number of nitrogens with zero attached hydrogens (tertiary/aromatic N) is 1. The molecule has 0 radical (unpaired) electrons. The van der Waals surface area contributed by atoms with Gasteiger partial charge in [0.15, 0.2) is 0 Å². The number of carbonyl (C=O) groups is 3. The van der Waals surface area contributed by atoms with Crippen LogP contribution in [0.1, 0.15) is 12.8 Å². The van der Waals surface area contributed by atoms with E-state index in [1.54, 1.807) is 31.4 Å². The number of likely N-dealkylation sites (tertiary alicyclic amines) is 1. The van der Waals surface area contributed by atoms with Crippen LogP contribution in [0.25, 0.3) is 0 Å². The highest BCUT2D eigenvalue weighted by Crippen LogP contribution is 2.34. The number of nitrogens with one attached hydrogen (secondary N) is 1. The fourth-order valence-electron chi connectivity index (χ4n) is 3.25. The molecule has 0 aromatic heterocycles. The first-order chi connectivity index (χ1) is 12.6. The first-order valence-electron chi connectivity index (χ1n) is 8.62. The lowest BCUT2D eigenvalue weighted by Crippen LogP contribution is -2.38. The maximum atomic E-state index is 12.4. The summed E-state index contributed by atoms with van der Waals surface area (Å²) in [6.07, 6.45) is 4.98. The highest BCUT2D eigenvalue weighted by molar-refractivity contribution is 6.08. The van der Waals surface area contributed by atoms with E-state index in [1.807, 2.05) is 12.2 Å². The highest BCUT2D eigenvalue weighted by Gasteiger charge is 2.47. The van der Waals surface area contributed by atoms with Crippen LogP contribution in [0.15, 0.2) is 36.4 Å². The van der Waals surface area contributed by atoms with Gasteiger partial charge in [-0.3, -0.25) is 19.3 Å². The van der Waals surface area contributed by atoms with Crippen molar-refractivity contribution in [3.8, 4) is 5.75 Å². The van der Waals surface area contributed by atoms with Gasteiger partial charge in [-0.25, -0.2) is 0 Å². The zero-order chi connectivity index (χ0) is 18.5. The summed E-state index contributed by atoms with van der Waals surface area (Å²) in [4.78, 5) is 38.1. The molecule has 1 aromatic rings. The van der Waals surface area contributed by atoms with Crippen molar-refractivity contribution in [3.63, 3.8) is 0 Å². The van der Waals surface area contributed by atoms with Crippen LogP contribution in [0.3, 0.4) is 0 Å². The molecule has 2 aliphatic rings. The van der Waals surface area contributed by atoms with Gasteiger partial charge >= 0.3 is 0 Å². The van der Waals surface area contributed by atoms with E-state index in [2.05, 4.69) is 5.32 Å². The van der Waals surface area contributed by atoms with E-state index in [4.69, 9.17) is 9.47 Å². The van der Waals surface area contributed by atoms with Crippen LogP contribution in [0.2, 0.25) is 0 Å². The second kappa shape index (κ2) is 8.14. The minimum Gasteiger partial charge on any atom is -0.491 e. The lowest BCUT2D eigenvalue weighted by atomic mass is 9.85. The Morgan fingerprint density at radius 1 is 1.08 bits per heavy atom. The molecule has 138 valence electrons. The van der Waals surface area contributed by atoms with Crippen molar-refractivity contribution in [1.29, 1.82) is 0 Å². The Labute approximate surface area is 151 Å². The van der Waals surface area contributed by atoms with Crippen LogP contribution in [-0.4, -0.2) is 49.5 Å². The van der Waals surface area contributed by atoms with E-state index < -0.39 is 5.91 Å². The fraction of sp³-hybridized carbons (Fsp3) is 0.421. The zero-order valence-electron chi connectivity index (χ0n) is 14.6. The van der Waals surface area contributed by atoms with Gasteiger partial charge in [0, 0.05) is 12.8 Å². The normalized spacial score (nSPS) is 21.7. The van der Waals surface area contributed by atoms with E-state index in [1.165, 1.54) is 0 Å². The highest BCUT2D eigenvalue weighted by atomic mass is 16.5. The topological polar surface area (TPSA) is 84.9 Å². The molecule has 1 N–H and O–H groups in total. The average molecular weight is 358 g/mol. The number of hydrogen-bond acceptors (Lipinski definition) is 5. The summed E-state index contributed by atoms with van der Waals surface area (Å²) in [6, 6.07) is 6.88. The predicted molar refractivity (Wildman–Crippen MR) is 94.5 cm³/mol. The molecule has 1 aliphatic heterocycles. The molecule has 3 amide bonds. The van der Waals surface area contributed by atoms with Crippen molar-refractivity contribution >= 4 is 23.4 Å². The largest absolute Gasteiger partial charge is 0.491 e. The van der Waals surface area contributed by atoms with Gasteiger partial charge in [0.05, 0.1) is 18.4 Å². The molecule has 7 heteroatoms. The van der Waals surface area contributed by atoms with E-state index in [0.717, 1.165) is 4.90 Å². The molecule has 0 bridgehead atoms. The zero-order valence-corrected chi connectivity index (χ0v) is 14.6. The summed E-state index contributed by atoms with van der Waals surface area (Å²) < 4.78 is 10.4. The van der Waals surface area contributed by atoms with Crippen LogP contribution in [0.5, 0.6) is 5.75 Å². The minimum absolute atomic E-state index is 0.249. The monoisotopic (exact) mass is 358 g/mol. The van der Waals surface area contributed by atoms with Gasteiger partial charge in [0.25, 0.3) is 0 Å². The number of ether oxygens (including phenoxy) is 2. The number of fused-ring (bicyclic) bond motifs is 1. The third-order valence-electron chi connectivity index (χ3n) is 4.59. The summed E-state index contributed by atoms with van der Waals surface area (Å²) in [5, 5.41) is 2.70. The van der Waals surface area contributed by atoms with Crippen LogP contribution in [-0.2, 0) is 19.1 Å². The van der Waals surface area contributed by atoms with Gasteiger partial charge in [-0.15, -0.1) is 0 Å². The third-order valence-corrected chi connectivity index (χ3v) is 4.59. The fourth-order valence-corrected chi connectivity index (χ4v) is 3.25. The second-order valence-electron chi connectivity index (χ2n) is 6.33. The molecule has 0 spiro atoms. The number of hydrogen-bond donors (Lipinski definition) is 1. The van der Waals surface area contributed by atoms with Gasteiger partial charge in [-0.2, -0.15) is 0 Å². The van der Waals surface area contributed by atoms with Crippen LogP contribution < -0.4 is 10.1 Å². The number of amides is 3. The summed E-state index contributed by atoms with van der Waals surface area (Å²) >= 11 is 0. The van der Waals surface area contributed by atoms with Gasteiger partial charge < -0.3 is 14.8 Å². The molecule has 3 rings (SSSR count). The molecular weight excluding hydrogens is 336 g/mol. The molecule has 1 heterocycles. The van der Waals surface area contributed by atoms with Gasteiger partial charge in [0.1, 0.15) is 18.9 Å². The van der Waals surface area contributed by atoms with Crippen molar-refractivity contribution in [2.75, 3.05) is 32.2 Å². The first kappa shape index (κ1) is 18.1. The molecule has 0 saturated carbocycles. The lowest BCUT2D eigenvalue weighted by molar-refractivity contribution is -0.142. The Morgan fingerprint density at radius 2 is 1.69 bits per heavy atom. The Morgan fingerprint density at radius 3 is 2.27 bits per heavy atom. The van der Waals surface area contributed by atoms with Crippen LogP contribution >= 0.6 is 0 Å². The van der Waals surface area contributed by atoms with E-state index >= 15 is 0 Å². The summed E-state index contributed by atoms with van der Waals surface area (Å²) in [6.45, 7) is 0.684.